The summed E-state index contributed by atoms with van der Waals surface area (Å²) in [5.41, 5.74) is -2.07. The Labute approximate surface area is 499 Å². The number of carbonyl (C=O) groups is 1. The van der Waals surface area contributed by atoms with Crippen molar-refractivity contribution in [2.75, 3.05) is 33.0 Å². The summed E-state index contributed by atoms with van der Waals surface area (Å²) >= 11 is 0. The van der Waals surface area contributed by atoms with Gasteiger partial charge in [0.15, 0.2) is 25.2 Å². The summed E-state index contributed by atoms with van der Waals surface area (Å²) in [6, 6.07) is 0. The van der Waals surface area contributed by atoms with Gasteiger partial charge in [0.05, 0.1) is 50.7 Å². The molecule has 33 atom stereocenters. The Morgan fingerprint density at radius 3 is 1.77 bits per heavy atom. The topological polar surface area (TPSA) is 433 Å². The fraction of sp³-hybridized carbons (Fsp3) is 0.949. The number of carbonyl (C=O) groups excluding carboxylic acids is 1. The van der Waals surface area contributed by atoms with E-state index in [0.29, 0.717) is 57.8 Å². The molecule has 10 rings (SSSR count). The number of fused-ring (bicyclic) bond motifs is 7. The van der Waals surface area contributed by atoms with Gasteiger partial charge in [-0.1, -0.05) is 53.2 Å². The highest BCUT2D eigenvalue weighted by atomic mass is 16.8. The van der Waals surface area contributed by atoms with Crippen molar-refractivity contribution < 1.29 is 134 Å². The quantitative estimate of drug-likeness (QED) is 0.0454. The Bertz CT molecular complexity index is 2380. The lowest BCUT2D eigenvalue weighted by molar-refractivity contribution is -0.383. The van der Waals surface area contributed by atoms with Crippen molar-refractivity contribution in [3.8, 4) is 0 Å². The molecule has 0 unspecified atom stereocenters. The SMILES string of the molecule is C[C@@H]1O[C@@H](O[C@H]2[C@H](O[C@H]3CC[C@@]4(C)[C@@H](CC[C@]5(C)[C@@H]4CC=C4[C@@H]6CC(C)(C)CC[C@]6(C(=O)O[C@@H]6O[C@H](CO[C@@H]7O[C@H](CO)[C@H](O)[C@H](O)[C@H]7O)[C@@H](O)[C@H](O)[C@H]6O)CC[C@]45C)[C@]3(C)CO)OC[C@H](O)[C@@H]2O)[C@H](O)[C@H](O[C@@H]2O[C@H](CO)[C@@H](O)[C@H](O)[C@H]2O)[C@H]1O. The molecule has 4 saturated carbocycles. The van der Waals surface area contributed by atoms with Crippen molar-refractivity contribution in [1.29, 1.82) is 0 Å². The Balaban J connectivity index is 0.849. The van der Waals surface area contributed by atoms with Gasteiger partial charge in [-0.2, -0.15) is 0 Å². The van der Waals surface area contributed by atoms with E-state index in [2.05, 4.69) is 40.7 Å². The molecule has 0 bridgehead atoms. The van der Waals surface area contributed by atoms with Crippen LogP contribution in [0.25, 0.3) is 0 Å². The molecule has 494 valence electrons. The lowest BCUT2D eigenvalue weighted by Gasteiger charge is -2.71. The van der Waals surface area contributed by atoms with Crippen LogP contribution >= 0.6 is 0 Å². The maximum absolute atomic E-state index is 15.1. The molecule has 27 nitrogen and oxygen atoms in total. The highest BCUT2D eigenvalue weighted by Crippen LogP contribution is 2.76. The summed E-state index contributed by atoms with van der Waals surface area (Å²) < 4.78 is 59.5. The van der Waals surface area contributed by atoms with E-state index in [-0.39, 0.29) is 47.2 Å². The van der Waals surface area contributed by atoms with Crippen molar-refractivity contribution in [3.05, 3.63) is 11.6 Å². The van der Waals surface area contributed by atoms with Crippen molar-refractivity contribution in [2.24, 2.45) is 50.2 Å². The van der Waals surface area contributed by atoms with Crippen LogP contribution in [0.1, 0.15) is 113 Å². The van der Waals surface area contributed by atoms with Crippen LogP contribution in [0, 0.1) is 50.2 Å². The maximum atomic E-state index is 15.1. The highest BCUT2D eigenvalue weighted by Gasteiger charge is 2.71. The van der Waals surface area contributed by atoms with Crippen LogP contribution in [0.2, 0.25) is 0 Å². The molecule has 27 heteroatoms. The Hall–Kier alpha value is -1.79. The zero-order chi connectivity index (χ0) is 62.7. The van der Waals surface area contributed by atoms with E-state index in [1.165, 1.54) is 12.5 Å². The van der Waals surface area contributed by atoms with Gasteiger partial charge in [-0.25, -0.2) is 0 Å². The standard InChI is InChI=1S/C59H96O27/c1-24-34(64)46(84-49-43(73)40(70)37(67)29(20-61)81-49)45(75)51(79-24)85-47-35(65)27(63)21-77-52(47)83-33-11-12-55(4)31(56(33,5)23-62)10-13-58(7)32(55)9-8-25-26-18-54(2,3)14-16-59(26,17-15-57(25,58)6)53(76)86-50-44(74)41(71)38(68)30(82-50)22-78-48-42(72)39(69)36(66)28(19-60)80-48/h8,24,26-52,60-75H,9-23H2,1-7H3/t24-,26-,27-,28+,29+,30+,31+,32+,33-,34-,35-,36-,37+,38+,39-,40-,41-,42+,43+,44+,45+,46+,47+,48+,49-,50-,51-,52-,55-,56-,57+,58+,59-/m0/s1. The Morgan fingerprint density at radius 1 is 0.558 bits per heavy atom. The molecule has 0 aromatic rings. The van der Waals surface area contributed by atoms with Gasteiger partial charge in [-0.3, -0.25) is 4.79 Å². The molecular weight excluding hydrogens is 1140 g/mol. The molecule has 16 N–H and O–H groups in total. The highest BCUT2D eigenvalue weighted by molar-refractivity contribution is 5.79. The molecule has 0 spiro atoms. The maximum Gasteiger partial charge on any atom is 0.315 e. The Kier molecular flexibility index (Phi) is 19.4. The predicted octanol–water partition coefficient (Wildman–Crippen LogP) is -3.57. The number of aliphatic hydroxyl groups is 16. The molecule has 5 saturated heterocycles. The average molecular weight is 1240 g/mol. The summed E-state index contributed by atoms with van der Waals surface area (Å²) in [5.74, 6) is -0.929. The van der Waals surface area contributed by atoms with Gasteiger partial charge in [0, 0.05) is 5.41 Å². The first kappa shape index (κ1) is 67.1. The van der Waals surface area contributed by atoms with Gasteiger partial charge in [0.1, 0.15) is 110 Å². The van der Waals surface area contributed by atoms with Crippen molar-refractivity contribution in [3.63, 3.8) is 0 Å². The number of esters is 1. The first-order valence-electron chi connectivity index (χ1n) is 30.8. The number of hydrogen-bond donors (Lipinski definition) is 16. The largest absolute Gasteiger partial charge is 0.432 e. The zero-order valence-corrected chi connectivity index (χ0v) is 50.0. The number of rotatable bonds is 14. The van der Waals surface area contributed by atoms with Crippen molar-refractivity contribution in [2.45, 2.75) is 266 Å². The number of hydrogen-bond acceptors (Lipinski definition) is 27. The van der Waals surface area contributed by atoms with Gasteiger partial charge in [0.2, 0.25) is 6.29 Å². The van der Waals surface area contributed by atoms with E-state index in [0.717, 1.165) is 6.42 Å². The van der Waals surface area contributed by atoms with E-state index in [1.54, 1.807) is 0 Å². The lowest BCUT2D eigenvalue weighted by Crippen LogP contribution is -2.67. The fourth-order valence-corrected chi connectivity index (χ4v) is 17.6. The van der Waals surface area contributed by atoms with Crippen molar-refractivity contribution in [1.82, 2.24) is 0 Å². The van der Waals surface area contributed by atoms with E-state index in [1.807, 2.05) is 6.92 Å². The van der Waals surface area contributed by atoms with Crippen LogP contribution in [0.15, 0.2) is 11.6 Å². The van der Waals surface area contributed by atoms with Crippen LogP contribution in [0.5, 0.6) is 0 Å². The molecule has 0 aromatic heterocycles. The first-order chi connectivity index (χ1) is 40.4. The second kappa shape index (κ2) is 24.9. The van der Waals surface area contributed by atoms with Gasteiger partial charge < -0.3 is 129 Å². The molecule has 0 amide bonds. The van der Waals surface area contributed by atoms with Crippen molar-refractivity contribution >= 4 is 5.97 Å². The minimum absolute atomic E-state index is 0.0885. The van der Waals surface area contributed by atoms with E-state index >= 15 is 4.79 Å². The number of ether oxygens (including phenoxy) is 10. The normalized spacial score (nSPS) is 54.8. The molecule has 9 fully saturated rings. The van der Waals surface area contributed by atoms with E-state index < -0.39 is 196 Å². The lowest BCUT2D eigenvalue weighted by atomic mass is 9.33. The third-order valence-electron chi connectivity index (χ3n) is 23.2. The zero-order valence-electron chi connectivity index (χ0n) is 50.0. The average Bonchev–Trinajstić information content (AvgIpc) is 0.689. The summed E-state index contributed by atoms with van der Waals surface area (Å²) in [4.78, 5) is 15.1. The molecule has 0 radical (unpaired) electrons. The molecule has 86 heavy (non-hydrogen) atoms. The summed E-state index contributed by atoms with van der Waals surface area (Å²) in [6.45, 7) is 12.1. The minimum atomic E-state index is -1.87. The molecule has 5 aliphatic carbocycles. The van der Waals surface area contributed by atoms with Gasteiger partial charge in [-0.05, 0) is 111 Å². The van der Waals surface area contributed by atoms with Gasteiger partial charge in [-0.15, -0.1) is 0 Å². The second-order valence-electron chi connectivity index (χ2n) is 28.5. The minimum Gasteiger partial charge on any atom is -0.432 e. The van der Waals surface area contributed by atoms with E-state index in [4.69, 9.17) is 47.4 Å². The number of allylic oxidation sites excluding steroid dienone is 2. The molecular formula is C59H96O27. The van der Waals surface area contributed by atoms with E-state index in [9.17, 15) is 81.7 Å². The first-order valence-corrected chi connectivity index (χ1v) is 30.8. The number of aliphatic hydroxyl groups excluding tert-OH is 16. The summed E-state index contributed by atoms with van der Waals surface area (Å²) in [5, 5.41) is 172. The van der Waals surface area contributed by atoms with Crippen LogP contribution in [0.3, 0.4) is 0 Å². The predicted molar refractivity (Wildman–Crippen MR) is 289 cm³/mol. The van der Waals surface area contributed by atoms with Crippen LogP contribution < -0.4 is 0 Å². The van der Waals surface area contributed by atoms with Crippen LogP contribution in [-0.4, -0.2) is 274 Å². The molecule has 5 aliphatic heterocycles. The Morgan fingerprint density at radius 2 is 1.13 bits per heavy atom. The molecule has 0 aromatic carbocycles. The molecule has 5 heterocycles. The molecule has 10 aliphatic rings. The third-order valence-corrected chi connectivity index (χ3v) is 23.2. The van der Waals surface area contributed by atoms with Crippen LogP contribution in [0.4, 0.5) is 0 Å². The van der Waals surface area contributed by atoms with Gasteiger partial charge in [0.25, 0.3) is 0 Å². The van der Waals surface area contributed by atoms with Crippen LogP contribution in [-0.2, 0) is 52.2 Å². The monoisotopic (exact) mass is 1240 g/mol. The smallest absolute Gasteiger partial charge is 0.315 e. The second-order valence-corrected chi connectivity index (χ2v) is 28.5. The fourth-order valence-electron chi connectivity index (χ4n) is 17.6. The van der Waals surface area contributed by atoms with Gasteiger partial charge >= 0.3 is 5.97 Å². The summed E-state index contributed by atoms with van der Waals surface area (Å²) in [6.07, 6.45) is -31.4. The summed E-state index contributed by atoms with van der Waals surface area (Å²) in [7, 11) is 0. The third kappa shape index (κ3) is 11.2.